The molecule has 17 heavy (non-hydrogen) atoms. The van der Waals surface area contributed by atoms with Crippen molar-refractivity contribution in [2.45, 2.75) is 0 Å². The lowest BCUT2D eigenvalue weighted by atomic mass is 10.0. The van der Waals surface area contributed by atoms with Gasteiger partial charge in [0, 0.05) is 27.2 Å². The van der Waals surface area contributed by atoms with Gasteiger partial charge >= 0.3 is 0 Å². The minimum absolute atomic E-state index is 0.0939. The Hall–Kier alpha value is -1.32. The third-order valence-corrected chi connectivity index (χ3v) is 2.82. The minimum atomic E-state index is -1.12. The average molecular weight is 275 g/mol. The van der Waals surface area contributed by atoms with Gasteiger partial charge < -0.3 is 5.11 Å². The molecular weight excluding hydrogens is 269 g/mol. The first-order valence-corrected chi connectivity index (χ1v) is 5.38. The Morgan fingerprint density at radius 2 is 1.53 bits per heavy atom. The minimum Gasteiger partial charge on any atom is -0.507 e. The molecule has 0 aliphatic rings. The zero-order chi connectivity index (χ0) is 12.6. The van der Waals surface area contributed by atoms with E-state index in [1.165, 1.54) is 12.1 Å². The van der Waals surface area contributed by atoms with Gasteiger partial charge in [-0.25, -0.2) is 8.78 Å². The molecule has 0 aromatic heterocycles. The van der Waals surface area contributed by atoms with Crippen molar-refractivity contribution in [1.29, 1.82) is 0 Å². The van der Waals surface area contributed by atoms with Gasteiger partial charge in [0.05, 0.1) is 0 Å². The van der Waals surface area contributed by atoms with Gasteiger partial charge in [-0.05, 0) is 24.3 Å². The Balaban J connectivity index is 2.68. The third-order valence-electron chi connectivity index (χ3n) is 2.26. The Bertz CT molecular complexity index is 585. The first-order valence-electron chi connectivity index (χ1n) is 4.62. The van der Waals surface area contributed by atoms with Crippen molar-refractivity contribution in [3.8, 4) is 16.9 Å². The molecule has 0 heterocycles. The van der Waals surface area contributed by atoms with Gasteiger partial charge in [-0.15, -0.1) is 0 Å². The molecule has 0 atom stereocenters. The predicted octanol–water partition coefficient (Wildman–Crippen LogP) is 4.64. The van der Waals surface area contributed by atoms with Crippen LogP contribution in [0, 0.1) is 11.6 Å². The summed E-state index contributed by atoms with van der Waals surface area (Å²) in [6.45, 7) is 0. The maximum absolute atomic E-state index is 13.1. The first kappa shape index (κ1) is 12.1. The van der Waals surface area contributed by atoms with Gasteiger partial charge in [-0.3, -0.25) is 0 Å². The molecule has 0 fully saturated rings. The standard InChI is InChI=1S/C12H6Cl2F2O/c13-6-1-2-9(14)7(3-6)8-4-10(15)11(16)5-12(8)17/h1-5,17H. The number of aromatic hydroxyl groups is 1. The molecule has 0 saturated heterocycles. The fourth-order valence-electron chi connectivity index (χ4n) is 1.46. The third kappa shape index (κ3) is 2.35. The lowest BCUT2D eigenvalue weighted by Crippen LogP contribution is -1.88. The molecular formula is C12H6Cl2F2O. The van der Waals surface area contributed by atoms with Crippen LogP contribution in [-0.4, -0.2) is 5.11 Å². The maximum Gasteiger partial charge on any atom is 0.162 e. The molecule has 0 saturated carbocycles. The summed E-state index contributed by atoms with van der Waals surface area (Å²) in [5.41, 5.74) is 0.437. The van der Waals surface area contributed by atoms with Crippen molar-refractivity contribution >= 4 is 23.2 Å². The Labute approximate surface area is 106 Å². The van der Waals surface area contributed by atoms with Crippen molar-refractivity contribution < 1.29 is 13.9 Å². The van der Waals surface area contributed by atoms with E-state index in [1.54, 1.807) is 6.07 Å². The molecule has 2 aromatic carbocycles. The van der Waals surface area contributed by atoms with Crippen LogP contribution in [0.1, 0.15) is 0 Å². The summed E-state index contributed by atoms with van der Waals surface area (Å²) in [7, 11) is 0. The summed E-state index contributed by atoms with van der Waals surface area (Å²) in [6, 6.07) is 6.12. The van der Waals surface area contributed by atoms with Gasteiger partial charge in [-0.2, -0.15) is 0 Å². The highest BCUT2D eigenvalue weighted by molar-refractivity contribution is 6.35. The lowest BCUT2D eigenvalue weighted by Gasteiger charge is -2.08. The SMILES string of the molecule is Oc1cc(F)c(F)cc1-c1cc(Cl)ccc1Cl. The van der Waals surface area contributed by atoms with E-state index in [9.17, 15) is 13.9 Å². The van der Waals surface area contributed by atoms with Crippen molar-refractivity contribution in [1.82, 2.24) is 0 Å². The van der Waals surface area contributed by atoms with E-state index < -0.39 is 17.4 Å². The zero-order valence-electron chi connectivity index (χ0n) is 8.35. The van der Waals surface area contributed by atoms with E-state index in [0.717, 1.165) is 6.07 Å². The Kier molecular flexibility index (Phi) is 3.22. The highest BCUT2D eigenvalue weighted by Gasteiger charge is 2.13. The number of rotatable bonds is 1. The van der Waals surface area contributed by atoms with Crippen LogP contribution in [0.25, 0.3) is 11.1 Å². The summed E-state index contributed by atoms with van der Waals surface area (Å²) in [5, 5.41) is 10.2. The van der Waals surface area contributed by atoms with Crippen LogP contribution in [0.2, 0.25) is 10.0 Å². The molecule has 1 N–H and O–H groups in total. The van der Waals surface area contributed by atoms with E-state index in [0.29, 0.717) is 16.7 Å². The molecule has 0 unspecified atom stereocenters. The molecule has 2 aromatic rings. The van der Waals surface area contributed by atoms with Crippen molar-refractivity contribution in [2.75, 3.05) is 0 Å². The molecule has 1 nitrogen and oxygen atoms in total. The number of hydrogen-bond acceptors (Lipinski definition) is 1. The topological polar surface area (TPSA) is 20.2 Å². The van der Waals surface area contributed by atoms with Crippen LogP contribution in [0.4, 0.5) is 8.78 Å². The van der Waals surface area contributed by atoms with Gasteiger partial charge in [0.15, 0.2) is 11.6 Å². The number of phenolic OH excluding ortho intramolecular Hbond substituents is 1. The maximum atomic E-state index is 13.1. The summed E-state index contributed by atoms with van der Waals surface area (Å²) in [5.74, 6) is -2.58. The second kappa shape index (κ2) is 4.51. The highest BCUT2D eigenvalue weighted by atomic mass is 35.5. The first-order chi connectivity index (χ1) is 7.99. The van der Waals surface area contributed by atoms with Gasteiger partial charge in [0.2, 0.25) is 0 Å². The molecule has 2 rings (SSSR count). The summed E-state index contributed by atoms with van der Waals surface area (Å²) < 4.78 is 26.0. The Morgan fingerprint density at radius 1 is 0.882 bits per heavy atom. The van der Waals surface area contributed by atoms with Crippen LogP contribution in [-0.2, 0) is 0 Å². The van der Waals surface area contributed by atoms with E-state index in [4.69, 9.17) is 23.2 Å². The Morgan fingerprint density at radius 3 is 2.24 bits per heavy atom. The highest BCUT2D eigenvalue weighted by Crippen LogP contribution is 2.36. The second-order valence-electron chi connectivity index (χ2n) is 3.41. The van der Waals surface area contributed by atoms with Crippen molar-refractivity contribution in [3.05, 3.63) is 52.0 Å². The van der Waals surface area contributed by atoms with Crippen LogP contribution in [0.5, 0.6) is 5.75 Å². The smallest absolute Gasteiger partial charge is 0.162 e. The molecule has 0 amide bonds. The van der Waals surface area contributed by atoms with E-state index >= 15 is 0 Å². The fourth-order valence-corrected chi connectivity index (χ4v) is 1.85. The molecule has 0 spiro atoms. The van der Waals surface area contributed by atoms with E-state index in [2.05, 4.69) is 0 Å². The van der Waals surface area contributed by atoms with Crippen LogP contribution < -0.4 is 0 Å². The zero-order valence-corrected chi connectivity index (χ0v) is 9.86. The number of phenols is 1. The van der Waals surface area contributed by atoms with Gasteiger partial charge in [0.1, 0.15) is 5.75 Å². The van der Waals surface area contributed by atoms with Crippen molar-refractivity contribution in [3.63, 3.8) is 0 Å². The van der Waals surface area contributed by atoms with Crippen molar-refractivity contribution in [2.24, 2.45) is 0 Å². The van der Waals surface area contributed by atoms with E-state index in [-0.39, 0.29) is 10.6 Å². The average Bonchev–Trinajstić information content (AvgIpc) is 2.27. The normalized spacial score (nSPS) is 10.6. The molecule has 0 bridgehead atoms. The molecule has 88 valence electrons. The molecule has 5 heteroatoms. The lowest BCUT2D eigenvalue weighted by molar-refractivity contribution is 0.457. The molecule has 0 radical (unpaired) electrons. The number of halogens is 4. The van der Waals surface area contributed by atoms with Gasteiger partial charge in [-0.1, -0.05) is 23.2 Å². The largest absolute Gasteiger partial charge is 0.507 e. The number of benzene rings is 2. The summed E-state index contributed by atoms with van der Waals surface area (Å²) in [4.78, 5) is 0. The predicted molar refractivity (Wildman–Crippen MR) is 63.5 cm³/mol. The summed E-state index contributed by atoms with van der Waals surface area (Å²) in [6.07, 6.45) is 0. The fraction of sp³-hybridized carbons (Fsp3) is 0. The van der Waals surface area contributed by atoms with Gasteiger partial charge in [0.25, 0.3) is 0 Å². The molecule has 0 aliphatic heterocycles. The van der Waals surface area contributed by atoms with Crippen LogP contribution >= 0.6 is 23.2 Å². The molecule has 0 aliphatic carbocycles. The second-order valence-corrected chi connectivity index (χ2v) is 4.25. The van der Waals surface area contributed by atoms with E-state index in [1.807, 2.05) is 0 Å². The number of hydrogen-bond donors (Lipinski definition) is 1. The van der Waals surface area contributed by atoms with Crippen LogP contribution in [0.15, 0.2) is 30.3 Å². The monoisotopic (exact) mass is 274 g/mol. The van der Waals surface area contributed by atoms with Crippen LogP contribution in [0.3, 0.4) is 0 Å². The summed E-state index contributed by atoms with van der Waals surface area (Å²) >= 11 is 11.7. The quantitative estimate of drug-likeness (QED) is 0.803.